The van der Waals surface area contributed by atoms with Crippen LogP contribution in [0.25, 0.3) is 6.08 Å². The van der Waals surface area contributed by atoms with Crippen molar-refractivity contribution < 1.29 is 17.9 Å². The number of carbonyl (C=O) groups excluding carboxylic acids is 1. The van der Waals surface area contributed by atoms with Gasteiger partial charge in [-0.05, 0) is 54.1 Å². The van der Waals surface area contributed by atoms with Crippen molar-refractivity contribution in [3.05, 3.63) is 88.4 Å². The maximum absolute atomic E-state index is 12.8. The Hall–Kier alpha value is -3.61. The van der Waals surface area contributed by atoms with E-state index in [0.717, 1.165) is 4.47 Å². The first-order valence-corrected chi connectivity index (χ1v) is 11.5. The molecule has 0 saturated carbocycles. The molecular formula is C23H18BrN3O4S. The van der Waals surface area contributed by atoms with Crippen LogP contribution in [0.15, 0.2) is 87.7 Å². The zero-order chi connectivity index (χ0) is 23.1. The van der Waals surface area contributed by atoms with Crippen LogP contribution in [0.3, 0.4) is 0 Å². The van der Waals surface area contributed by atoms with Crippen molar-refractivity contribution in [3.8, 4) is 11.8 Å². The Morgan fingerprint density at radius 2 is 1.75 bits per heavy atom. The SMILES string of the molecule is COc1ccc(S(=O)(=O)Nc2ccc(Br)cc2)cc1NC(=O)C(C#N)=Cc1ccccc1. The molecule has 3 rings (SSSR count). The Kier molecular flexibility index (Phi) is 7.30. The summed E-state index contributed by atoms with van der Waals surface area (Å²) >= 11 is 3.30. The molecule has 0 aromatic heterocycles. The lowest BCUT2D eigenvalue weighted by atomic mass is 10.1. The first kappa shape index (κ1) is 23.1. The quantitative estimate of drug-likeness (QED) is 0.349. The number of hydrogen-bond donors (Lipinski definition) is 2. The molecule has 3 aromatic rings. The molecule has 0 radical (unpaired) electrons. The van der Waals surface area contributed by atoms with E-state index in [1.54, 1.807) is 48.5 Å². The van der Waals surface area contributed by atoms with Crippen molar-refractivity contribution in [3.63, 3.8) is 0 Å². The van der Waals surface area contributed by atoms with Gasteiger partial charge in [0, 0.05) is 10.2 Å². The maximum Gasteiger partial charge on any atom is 0.266 e. The maximum atomic E-state index is 12.8. The molecule has 0 aliphatic carbocycles. The third-order valence-electron chi connectivity index (χ3n) is 4.30. The van der Waals surface area contributed by atoms with Crippen LogP contribution in [0.4, 0.5) is 11.4 Å². The Morgan fingerprint density at radius 1 is 1.06 bits per heavy atom. The van der Waals surface area contributed by atoms with E-state index >= 15 is 0 Å². The van der Waals surface area contributed by atoms with Gasteiger partial charge in [-0.1, -0.05) is 46.3 Å². The number of ether oxygens (including phenoxy) is 1. The minimum atomic E-state index is -3.94. The van der Waals surface area contributed by atoms with Crippen molar-refractivity contribution >= 4 is 49.3 Å². The Balaban J connectivity index is 1.89. The van der Waals surface area contributed by atoms with E-state index in [1.165, 1.54) is 31.4 Å². The number of nitriles is 1. The summed E-state index contributed by atoms with van der Waals surface area (Å²) in [5.74, 6) is -0.442. The fourth-order valence-electron chi connectivity index (χ4n) is 2.74. The number of carbonyl (C=O) groups is 1. The number of hydrogen-bond acceptors (Lipinski definition) is 5. The van der Waals surface area contributed by atoms with E-state index in [4.69, 9.17) is 4.74 Å². The molecule has 0 saturated heterocycles. The molecule has 9 heteroatoms. The Morgan fingerprint density at radius 3 is 2.38 bits per heavy atom. The van der Waals surface area contributed by atoms with Crippen LogP contribution in [0.5, 0.6) is 5.75 Å². The third kappa shape index (κ3) is 5.75. The standard InChI is InChI=1S/C23H18BrN3O4S/c1-31-22-12-11-20(32(29,30)27-19-9-7-18(24)8-10-19)14-21(22)26-23(28)17(15-25)13-16-5-3-2-4-6-16/h2-14,27H,1H3,(H,26,28). The summed E-state index contributed by atoms with van der Waals surface area (Å²) in [4.78, 5) is 12.6. The molecule has 0 bridgehead atoms. The van der Waals surface area contributed by atoms with Gasteiger partial charge in [-0.3, -0.25) is 9.52 Å². The molecular weight excluding hydrogens is 494 g/mol. The van der Waals surface area contributed by atoms with E-state index in [1.807, 2.05) is 12.1 Å². The smallest absolute Gasteiger partial charge is 0.266 e. The Labute approximate surface area is 194 Å². The number of halogens is 1. The van der Waals surface area contributed by atoms with Crippen LogP contribution in [-0.4, -0.2) is 21.4 Å². The molecule has 0 spiro atoms. The number of methoxy groups -OCH3 is 1. The lowest BCUT2D eigenvalue weighted by Crippen LogP contribution is -2.16. The summed E-state index contributed by atoms with van der Waals surface area (Å²) in [7, 11) is -2.54. The topological polar surface area (TPSA) is 108 Å². The number of sulfonamides is 1. The van der Waals surface area contributed by atoms with E-state index in [-0.39, 0.29) is 21.9 Å². The largest absolute Gasteiger partial charge is 0.495 e. The molecule has 0 heterocycles. The first-order valence-electron chi connectivity index (χ1n) is 9.27. The molecule has 0 aliphatic heterocycles. The average Bonchev–Trinajstić information content (AvgIpc) is 2.79. The number of anilines is 2. The predicted molar refractivity (Wildman–Crippen MR) is 127 cm³/mol. The highest BCUT2D eigenvalue weighted by molar-refractivity contribution is 9.10. The fourth-order valence-corrected chi connectivity index (χ4v) is 4.09. The Bertz CT molecular complexity index is 1300. The van der Waals surface area contributed by atoms with E-state index in [2.05, 4.69) is 26.0 Å². The van der Waals surface area contributed by atoms with Gasteiger partial charge in [0.25, 0.3) is 15.9 Å². The minimum absolute atomic E-state index is 0.0814. The van der Waals surface area contributed by atoms with Crippen molar-refractivity contribution in [1.29, 1.82) is 5.26 Å². The highest BCUT2D eigenvalue weighted by atomic mass is 79.9. The summed E-state index contributed by atoms with van der Waals surface area (Å²) in [5.41, 5.74) is 1.04. The highest BCUT2D eigenvalue weighted by Crippen LogP contribution is 2.29. The number of nitrogens with one attached hydrogen (secondary N) is 2. The first-order chi connectivity index (χ1) is 15.3. The van der Waals surface area contributed by atoms with Gasteiger partial charge in [0.2, 0.25) is 0 Å². The van der Waals surface area contributed by atoms with E-state index < -0.39 is 15.9 Å². The number of amides is 1. The van der Waals surface area contributed by atoms with Crippen LogP contribution in [-0.2, 0) is 14.8 Å². The molecule has 2 N–H and O–H groups in total. The summed E-state index contributed by atoms with van der Waals surface area (Å²) < 4.78 is 34.2. The molecule has 0 atom stereocenters. The van der Waals surface area contributed by atoms with Gasteiger partial charge < -0.3 is 10.1 Å². The molecule has 1 amide bonds. The van der Waals surface area contributed by atoms with E-state index in [9.17, 15) is 18.5 Å². The summed E-state index contributed by atoms with van der Waals surface area (Å²) in [6, 6.07) is 21.5. The van der Waals surface area contributed by atoms with Crippen molar-refractivity contribution in [2.75, 3.05) is 17.1 Å². The zero-order valence-electron chi connectivity index (χ0n) is 16.9. The van der Waals surface area contributed by atoms with Crippen LogP contribution in [0.1, 0.15) is 5.56 Å². The number of nitrogens with zero attached hydrogens (tertiary/aromatic N) is 1. The van der Waals surface area contributed by atoms with Crippen molar-refractivity contribution in [2.45, 2.75) is 4.90 Å². The lowest BCUT2D eigenvalue weighted by molar-refractivity contribution is -0.112. The van der Waals surface area contributed by atoms with Gasteiger partial charge in [0.15, 0.2) is 0 Å². The zero-order valence-corrected chi connectivity index (χ0v) is 19.3. The molecule has 3 aromatic carbocycles. The van der Waals surface area contributed by atoms with Crippen LogP contribution >= 0.6 is 15.9 Å². The van der Waals surface area contributed by atoms with E-state index in [0.29, 0.717) is 11.3 Å². The molecule has 7 nitrogen and oxygen atoms in total. The van der Waals surface area contributed by atoms with Gasteiger partial charge >= 0.3 is 0 Å². The summed E-state index contributed by atoms with van der Waals surface area (Å²) in [6.45, 7) is 0. The lowest BCUT2D eigenvalue weighted by Gasteiger charge is -2.13. The second kappa shape index (κ2) is 10.1. The molecule has 162 valence electrons. The normalized spacial score (nSPS) is 11.3. The van der Waals surface area contributed by atoms with Crippen molar-refractivity contribution in [1.82, 2.24) is 0 Å². The monoisotopic (exact) mass is 511 g/mol. The fraction of sp³-hybridized carbons (Fsp3) is 0.0435. The second-order valence-electron chi connectivity index (χ2n) is 6.51. The van der Waals surface area contributed by atoms with Gasteiger partial charge in [-0.15, -0.1) is 0 Å². The third-order valence-corrected chi connectivity index (χ3v) is 6.21. The second-order valence-corrected chi connectivity index (χ2v) is 9.11. The van der Waals surface area contributed by atoms with Gasteiger partial charge in [-0.2, -0.15) is 5.26 Å². The molecule has 0 aliphatic rings. The molecule has 0 unspecified atom stereocenters. The number of benzene rings is 3. The average molecular weight is 512 g/mol. The number of rotatable bonds is 7. The van der Waals surface area contributed by atoms with Gasteiger partial charge in [0.1, 0.15) is 17.4 Å². The highest BCUT2D eigenvalue weighted by Gasteiger charge is 2.19. The predicted octanol–water partition coefficient (Wildman–Crippen LogP) is 4.80. The summed E-state index contributed by atoms with van der Waals surface area (Å²) in [5, 5.41) is 12.0. The van der Waals surface area contributed by atoms with Crippen molar-refractivity contribution in [2.24, 2.45) is 0 Å². The molecule has 32 heavy (non-hydrogen) atoms. The van der Waals surface area contributed by atoms with Crippen LogP contribution in [0, 0.1) is 11.3 Å². The van der Waals surface area contributed by atoms with Crippen LogP contribution < -0.4 is 14.8 Å². The minimum Gasteiger partial charge on any atom is -0.495 e. The van der Waals surface area contributed by atoms with Gasteiger partial charge in [0.05, 0.1) is 17.7 Å². The van der Waals surface area contributed by atoms with Crippen LogP contribution in [0.2, 0.25) is 0 Å². The van der Waals surface area contributed by atoms with Gasteiger partial charge in [-0.25, -0.2) is 8.42 Å². The molecule has 0 fully saturated rings. The summed E-state index contributed by atoms with van der Waals surface area (Å²) in [6.07, 6.45) is 1.44.